The Kier molecular flexibility index (Phi) is 7.48. The summed E-state index contributed by atoms with van der Waals surface area (Å²) >= 11 is 1.31. The molecule has 0 bridgehead atoms. The Balaban J connectivity index is 1.62. The van der Waals surface area contributed by atoms with Crippen molar-refractivity contribution < 1.29 is 4.79 Å². The third kappa shape index (κ3) is 5.39. The van der Waals surface area contributed by atoms with Crippen LogP contribution in [0.3, 0.4) is 0 Å². The second-order valence-electron chi connectivity index (χ2n) is 9.04. The molecule has 0 fully saturated rings. The van der Waals surface area contributed by atoms with Crippen molar-refractivity contribution in [3.05, 3.63) is 95.1 Å². The van der Waals surface area contributed by atoms with Crippen LogP contribution in [-0.2, 0) is 11.2 Å². The maximum absolute atomic E-state index is 13.3. The quantitative estimate of drug-likeness (QED) is 0.294. The van der Waals surface area contributed by atoms with E-state index in [-0.39, 0.29) is 11.8 Å². The van der Waals surface area contributed by atoms with Gasteiger partial charge in [-0.3, -0.25) is 9.78 Å². The average molecular weight is 471 g/mol. The van der Waals surface area contributed by atoms with E-state index in [0.29, 0.717) is 5.13 Å². The monoisotopic (exact) mass is 470 g/mol. The summed E-state index contributed by atoms with van der Waals surface area (Å²) in [5.74, 6) is -0.288. The summed E-state index contributed by atoms with van der Waals surface area (Å²) in [5, 5.41) is 11.2. The van der Waals surface area contributed by atoms with Crippen molar-refractivity contribution >= 4 is 22.4 Å². The van der Waals surface area contributed by atoms with Gasteiger partial charge in [0.1, 0.15) is 5.51 Å². The first-order valence-corrected chi connectivity index (χ1v) is 12.5. The van der Waals surface area contributed by atoms with Gasteiger partial charge in [0, 0.05) is 17.7 Å². The number of benzene rings is 2. The topological polar surface area (TPSA) is 67.8 Å². The number of carbonyl (C=O) groups is 1. The Morgan fingerprint density at radius 2 is 1.76 bits per heavy atom. The lowest BCUT2D eigenvalue weighted by atomic mass is 9.71. The fraction of sp³-hybridized carbons (Fsp3) is 0.286. The van der Waals surface area contributed by atoms with E-state index < -0.39 is 5.41 Å². The van der Waals surface area contributed by atoms with E-state index in [1.165, 1.54) is 29.7 Å². The normalized spacial score (nSPS) is 12.3. The van der Waals surface area contributed by atoms with Gasteiger partial charge in [-0.1, -0.05) is 99.2 Å². The fourth-order valence-electron chi connectivity index (χ4n) is 4.26. The average Bonchev–Trinajstić information content (AvgIpc) is 3.37. The van der Waals surface area contributed by atoms with Gasteiger partial charge < -0.3 is 5.32 Å². The van der Waals surface area contributed by atoms with E-state index in [4.69, 9.17) is 4.98 Å². The van der Waals surface area contributed by atoms with Crippen LogP contribution < -0.4 is 5.32 Å². The molecule has 0 spiro atoms. The smallest absolute Gasteiger partial charge is 0.232 e. The predicted octanol–water partition coefficient (Wildman–Crippen LogP) is 6.74. The first-order valence-electron chi connectivity index (χ1n) is 11.7. The zero-order valence-corrected chi connectivity index (χ0v) is 20.7. The number of hydrogen-bond acceptors (Lipinski definition) is 5. The number of hydrogen-bond donors (Lipinski definition) is 1. The molecule has 5 nitrogen and oxygen atoms in total. The molecule has 1 amide bonds. The van der Waals surface area contributed by atoms with E-state index in [1.54, 1.807) is 5.51 Å². The molecule has 2 aromatic heterocycles. The third-order valence-electron chi connectivity index (χ3n) is 6.21. The number of rotatable bonds is 9. The number of aryl methyl sites for hydroxylation is 1. The minimum absolute atomic E-state index is 0.107. The SMILES string of the molecule is CCCCc1ccc(-c2ccc(C(c3ccccc3)C(C)(C)C(=O)Nc3nncs3)cn2)cc1. The molecule has 2 heterocycles. The van der Waals surface area contributed by atoms with Crippen LogP contribution in [0.15, 0.2) is 78.4 Å². The van der Waals surface area contributed by atoms with Crippen LogP contribution in [-0.4, -0.2) is 21.1 Å². The van der Waals surface area contributed by atoms with Gasteiger partial charge in [0.05, 0.1) is 11.1 Å². The molecule has 6 heteroatoms. The summed E-state index contributed by atoms with van der Waals surface area (Å²) < 4.78 is 0. The maximum Gasteiger partial charge on any atom is 0.232 e. The molecule has 0 aliphatic heterocycles. The number of anilines is 1. The Labute approximate surface area is 205 Å². The molecule has 0 aliphatic rings. The number of nitrogens with one attached hydrogen (secondary N) is 1. The van der Waals surface area contributed by atoms with Gasteiger partial charge in [0.2, 0.25) is 11.0 Å². The van der Waals surface area contributed by atoms with Gasteiger partial charge in [-0.15, -0.1) is 10.2 Å². The molecule has 0 saturated heterocycles. The van der Waals surface area contributed by atoms with E-state index in [2.05, 4.69) is 64.9 Å². The van der Waals surface area contributed by atoms with Crippen LogP contribution in [0.2, 0.25) is 0 Å². The number of aromatic nitrogens is 3. The summed E-state index contributed by atoms with van der Waals surface area (Å²) in [5.41, 5.74) is 6.29. The predicted molar refractivity (Wildman–Crippen MR) is 139 cm³/mol. The van der Waals surface area contributed by atoms with Crippen LogP contribution in [0.1, 0.15) is 56.2 Å². The van der Waals surface area contributed by atoms with Crippen molar-refractivity contribution in [2.75, 3.05) is 5.32 Å². The number of pyridine rings is 1. The Morgan fingerprint density at radius 3 is 2.38 bits per heavy atom. The molecular weight excluding hydrogens is 440 g/mol. The van der Waals surface area contributed by atoms with E-state index in [9.17, 15) is 4.79 Å². The number of nitrogens with zero attached hydrogens (tertiary/aromatic N) is 3. The summed E-state index contributed by atoms with van der Waals surface area (Å²) in [6, 6.07) is 22.9. The zero-order chi connectivity index (χ0) is 24.0. The fourth-order valence-corrected chi connectivity index (χ4v) is 4.70. The highest BCUT2D eigenvalue weighted by molar-refractivity contribution is 7.13. The summed E-state index contributed by atoms with van der Waals surface area (Å²) in [7, 11) is 0. The van der Waals surface area contributed by atoms with Gasteiger partial charge in [0.25, 0.3) is 0 Å². The first-order chi connectivity index (χ1) is 16.5. The Hall–Kier alpha value is -3.38. The molecule has 0 saturated carbocycles. The highest BCUT2D eigenvalue weighted by Crippen LogP contribution is 2.42. The van der Waals surface area contributed by atoms with Crippen molar-refractivity contribution in [3.63, 3.8) is 0 Å². The largest absolute Gasteiger partial charge is 0.300 e. The zero-order valence-electron chi connectivity index (χ0n) is 19.9. The Morgan fingerprint density at radius 1 is 1.00 bits per heavy atom. The summed E-state index contributed by atoms with van der Waals surface area (Å²) in [4.78, 5) is 18.1. The van der Waals surface area contributed by atoms with Crippen LogP contribution in [0.4, 0.5) is 5.13 Å². The summed E-state index contributed by atoms with van der Waals surface area (Å²) in [6.45, 7) is 6.14. The lowest BCUT2D eigenvalue weighted by Gasteiger charge is -2.33. The molecule has 34 heavy (non-hydrogen) atoms. The number of amides is 1. The Bertz CT molecular complexity index is 1190. The van der Waals surface area contributed by atoms with E-state index in [0.717, 1.165) is 28.8 Å². The third-order valence-corrected chi connectivity index (χ3v) is 6.82. The van der Waals surface area contributed by atoms with Crippen molar-refractivity contribution in [1.82, 2.24) is 15.2 Å². The van der Waals surface area contributed by atoms with Crippen molar-refractivity contribution in [2.24, 2.45) is 5.41 Å². The van der Waals surface area contributed by atoms with Gasteiger partial charge in [-0.25, -0.2) is 0 Å². The van der Waals surface area contributed by atoms with Gasteiger partial charge >= 0.3 is 0 Å². The molecular formula is C28H30N4OS. The minimum atomic E-state index is -0.753. The first kappa shape index (κ1) is 23.8. The molecule has 1 unspecified atom stereocenters. The second kappa shape index (κ2) is 10.7. The number of carbonyl (C=O) groups excluding carboxylic acids is 1. The minimum Gasteiger partial charge on any atom is -0.300 e. The molecule has 4 rings (SSSR count). The van der Waals surface area contributed by atoms with Crippen LogP contribution >= 0.6 is 11.3 Å². The second-order valence-corrected chi connectivity index (χ2v) is 9.87. The van der Waals surface area contributed by atoms with Gasteiger partial charge in [0.15, 0.2) is 0 Å². The van der Waals surface area contributed by atoms with E-state index >= 15 is 0 Å². The molecule has 1 N–H and O–H groups in total. The van der Waals surface area contributed by atoms with Crippen molar-refractivity contribution in [2.45, 2.75) is 46.0 Å². The van der Waals surface area contributed by atoms with Crippen molar-refractivity contribution in [1.29, 1.82) is 0 Å². The standard InChI is InChI=1S/C28H30N4OS/c1-4-5-9-20-12-14-21(15-13-20)24-17-16-23(18-29-24)25(22-10-7-6-8-11-22)28(2,3)26(33)31-27-32-30-19-34-27/h6-8,10-19,25H,4-5,9H2,1-3H3,(H,31,32,33). The van der Waals surface area contributed by atoms with Crippen molar-refractivity contribution in [3.8, 4) is 11.3 Å². The number of unbranched alkanes of at least 4 members (excludes halogenated alkanes) is 1. The highest BCUT2D eigenvalue weighted by Gasteiger charge is 2.39. The lowest BCUT2D eigenvalue weighted by molar-refractivity contribution is -0.124. The van der Waals surface area contributed by atoms with Crippen LogP contribution in [0.25, 0.3) is 11.3 Å². The summed E-state index contributed by atoms with van der Waals surface area (Å²) in [6.07, 6.45) is 5.41. The molecule has 4 aromatic rings. The van der Waals surface area contributed by atoms with Gasteiger partial charge in [-0.2, -0.15) is 0 Å². The van der Waals surface area contributed by atoms with Crippen LogP contribution in [0.5, 0.6) is 0 Å². The van der Waals surface area contributed by atoms with Crippen LogP contribution in [0, 0.1) is 5.41 Å². The molecule has 1 atom stereocenters. The van der Waals surface area contributed by atoms with Gasteiger partial charge in [-0.05, 0) is 35.6 Å². The maximum atomic E-state index is 13.3. The molecule has 0 aliphatic carbocycles. The highest BCUT2D eigenvalue weighted by atomic mass is 32.1. The van der Waals surface area contributed by atoms with E-state index in [1.807, 2.05) is 44.3 Å². The molecule has 0 radical (unpaired) electrons. The molecule has 174 valence electrons. The molecule has 2 aromatic carbocycles. The lowest BCUT2D eigenvalue weighted by Crippen LogP contribution is -2.37.